The minimum Gasteiger partial charge on any atom is -0.409 e. The SMILES string of the molecule is CC(C)C(CN(C)C)NC(=O)C/C(N)=N/O. The fourth-order valence-electron chi connectivity index (χ4n) is 1.27. The first-order valence-electron chi connectivity index (χ1n) is 5.27. The van der Waals surface area contributed by atoms with Crippen LogP contribution in [0.3, 0.4) is 0 Å². The van der Waals surface area contributed by atoms with Crippen molar-refractivity contribution in [2.45, 2.75) is 26.3 Å². The molecule has 0 saturated heterocycles. The number of carbonyl (C=O) groups excluding carboxylic acids is 1. The van der Waals surface area contributed by atoms with Crippen molar-refractivity contribution in [3.63, 3.8) is 0 Å². The molecule has 0 fully saturated rings. The number of hydrogen-bond donors (Lipinski definition) is 3. The maximum atomic E-state index is 11.5. The first-order valence-corrected chi connectivity index (χ1v) is 5.27. The van der Waals surface area contributed by atoms with Gasteiger partial charge in [0.05, 0.1) is 6.42 Å². The van der Waals surface area contributed by atoms with E-state index >= 15 is 0 Å². The quantitative estimate of drug-likeness (QED) is 0.256. The molecule has 0 aliphatic heterocycles. The summed E-state index contributed by atoms with van der Waals surface area (Å²) in [5, 5.41) is 14.0. The van der Waals surface area contributed by atoms with Crippen molar-refractivity contribution < 1.29 is 10.0 Å². The van der Waals surface area contributed by atoms with Crippen molar-refractivity contribution in [2.24, 2.45) is 16.8 Å². The smallest absolute Gasteiger partial charge is 0.227 e. The predicted octanol–water partition coefficient (Wildman–Crippen LogP) is -0.175. The second-order valence-electron chi connectivity index (χ2n) is 4.45. The molecule has 0 rings (SSSR count). The van der Waals surface area contributed by atoms with Crippen LogP contribution in [-0.2, 0) is 4.79 Å². The molecule has 0 aromatic rings. The van der Waals surface area contributed by atoms with E-state index in [0.29, 0.717) is 5.92 Å². The van der Waals surface area contributed by atoms with E-state index in [1.165, 1.54) is 0 Å². The zero-order valence-electron chi connectivity index (χ0n) is 10.4. The zero-order chi connectivity index (χ0) is 12.7. The molecule has 0 spiro atoms. The van der Waals surface area contributed by atoms with Crippen LogP contribution >= 0.6 is 0 Å². The minimum atomic E-state index is -0.226. The van der Waals surface area contributed by atoms with Gasteiger partial charge in [0.1, 0.15) is 5.84 Å². The number of nitrogens with zero attached hydrogens (tertiary/aromatic N) is 2. The van der Waals surface area contributed by atoms with Gasteiger partial charge in [-0.2, -0.15) is 0 Å². The highest BCUT2D eigenvalue weighted by Gasteiger charge is 2.17. The van der Waals surface area contributed by atoms with Gasteiger partial charge >= 0.3 is 0 Å². The Morgan fingerprint density at radius 2 is 2.06 bits per heavy atom. The van der Waals surface area contributed by atoms with Crippen molar-refractivity contribution in [3.05, 3.63) is 0 Å². The average Bonchev–Trinajstić information content (AvgIpc) is 2.15. The summed E-state index contributed by atoms with van der Waals surface area (Å²) in [6, 6.07) is 0.0639. The van der Waals surface area contributed by atoms with E-state index in [-0.39, 0.29) is 24.2 Å². The van der Waals surface area contributed by atoms with Crippen LogP contribution in [-0.4, -0.2) is 48.5 Å². The second-order valence-corrected chi connectivity index (χ2v) is 4.45. The highest BCUT2D eigenvalue weighted by Crippen LogP contribution is 2.03. The molecule has 0 aliphatic carbocycles. The molecule has 0 radical (unpaired) electrons. The number of likely N-dealkylation sites (N-methyl/N-ethyl adjacent to an activating group) is 1. The molecule has 0 bridgehead atoms. The summed E-state index contributed by atoms with van der Waals surface area (Å²) in [7, 11) is 3.90. The van der Waals surface area contributed by atoms with Crippen LogP contribution in [0.4, 0.5) is 0 Å². The lowest BCUT2D eigenvalue weighted by atomic mass is 10.0. The lowest BCUT2D eigenvalue weighted by molar-refractivity contribution is -0.121. The topological polar surface area (TPSA) is 91.0 Å². The van der Waals surface area contributed by atoms with Crippen LogP contribution < -0.4 is 11.1 Å². The van der Waals surface area contributed by atoms with E-state index in [9.17, 15) is 4.79 Å². The summed E-state index contributed by atoms with van der Waals surface area (Å²) >= 11 is 0. The Bertz CT molecular complexity index is 251. The number of rotatable bonds is 6. The van der Waals surface area contributed by atoms with Gasteiger partial charge in [-0.15, -0.1) is 0 Å². The second kappa shape index (κ2) is 7.05. The molecular weight excluding hydrogens is 208 g/mol. The maximum absolute atomic E-state index is 11.5. The van der Waals surface area contributed by atoms with Crippen molar-refractivity contribution in [3.8, 4) is 0 Å². The molecular formula is C10H22N4O2. The van der Waals surface area contributed by atoms with Crippen LogP contribution in [0.1, 0.15) is 20.3 Å². The molecule has 0 aromatic carbocycles. The van der Waals surface area contributed by atoms with Gasteiger partial charge in [0.15, 0.2) is 0 Å². The van der Waals surface area contributed by atoms with Gasteiger partial charge in [-0.05, 0) is 20.0 Å². The zero-order valence-corrected chi connectivity index (χ0v) is 10.4. The Hall–Kier alpha value is -1.30. The van der Waals surface area contributed by atoms with Crippen molar-refractivity contribution in [2.75, 3.05) is 20.6 Å². The van der Waals surface area contributed by atoms with E-state index in [1.54, 1.807) is 0 Å². The van der Waals surface area contributed by atoms with Crippen LogP contribution in [0.5, 0.6) is 0 Å². The van der Waals surface area contributed by atoms with Gasteiger partial charge in [0.2, 0.25) is 5.91 Å². The molecule has 94 valence electrons. The van der Waals surface area contributed by atoms with E-state index < -0.39 is 0 Å². The lowest BCUT2D eigenvalue weighted by Crippen LogP contribution is -2.45. The first kappa shape index (κ1) is 14.7. The Balaban J connectivity index is 4.24. The number of nitrogens with two attached hydrogens (primary N) is 1. The van der Waals surface area contributed by atoms with E-state index in [1.807, 2.05) is 32.8 Å². The van der Waals surface area contributed by atoms with Gasteiger partial charge in [-0.1, -0.05) is 19.0 Å². The van der Waals surface area contributed by atoms with E-state index in [2.05, 4.69) is 10.5 Å². The Kier molecular flexibility index (Phi) is 6.48. The summed E-state index contributed by atoms with van der Waals surface area (Å²) < 4.78 is 0. The van der Waals surface area contributed by atoms with E-state index in [4.69, 9.17) is 10.9 Å². The summed E-state index contributed by atoms with van der Waals surface area (Å²) in [5.74, 6) is 0.0272. The highest BCUT2D eigenvalue weighted by molar-refractivity contribution is 5.98. The Labute approximate surface area is 96.5 Å². The summed E-state index contributed by atoms with van der Waals surface area (Å²) in [5.41, 5.74) is 5.26. The summed E-state index contributed by atoms with van der Waals surface area (Å²) in [6.45, 7) is 4.84. The average molecular weight is 230 g/mol. The number of oxime groups is 1. The van der Waals surface area contributed by atoms with Crippen LogP contribution in [0.15, 0.2) is 5.16 Å². The molecule has 1 unspecified atom stereocenters. The Morgan fingerprint density at radius 3 is 2.44 bits per heavy atom. The number of carbonyl (C=O) groups is 1. The van der Waals surface area contributed by atoms with Crippen molar-refractivity contribution in [1.29, 1.82) is 0 Å². The summed E-state index contributed by atoms with van der Waals surface area (Å²) in [6.07, 6.45) is -0.0762. The molecule has 0 aliphatic rings. The van der Waals surface area contributed by atoms with Crippen LogP contribution in [0.2, 0.25) is 0 Å². The van der Waals surface area contributed by atoms with Gasteiger partial charge < -0.3 is 21.2 Å². The molecule has 1 amide bonds. The third-order valence-corrected chi connectivity index (χ3v) is 2.18. The van der Waals surface area contributed by atoms with Gasteiger partial charge in [-0.3, -0.25) is 4.79 Å². The third-order valence-electron chi connectivity index (χ3n) is 2.18. The molecule has 6 nitrogen and oxygen atoms in total. The fourth-order valence-corrected chi connectivity index (χ4v) is 1.27. The molecule has 6 heteroatoms. The molecule has 16 heavy (non-hydrogen) atoms. The van der Waals surface area contributed by atoms with Crippen LogP contribution in [0, 0.1) is 5.92 Å². The Morgan fingerprint density at radius 1 is 1.50 bits per heavy atom. The first-order chi connectivity index (χ1) is 7.36. The summed E-state index contributed by atoms with van der Waals surface area (Å²) in [4.78, 5) is 13.5. The number of amidine groups is 1. The molecule has 0 heterocycles. The number of hydrogen-bond acceptors (Lipinski definition) is 4. The molecule has 4 N–H and O–H groups in total. The van der Waals surface area contributed by atoms with Crippen molar-refractivity contribution in [1.82, 2.24) is 10.2 Å². The van der Waals surface area contributed by atoms with Gasteiger partial charge in [0.25, 0.3) is 0 Å². The van der Waals surface area contributed by atoms with Gasteiger partial charge in [-0.25, -0.2) is 0 Å². The van der Waals surface area contributed by atoms with Crippen molar-refractivity contribution >= 4 is 11.7 Å². The number of amides is 1. The minimum absolute atomic E-state index is 0.0639. The maximum Gasteiger partial charge on any atom is 0.227 e. The molecule has 1 atom stereocenters. The highest BCUT2D eigenvalue weighted by atomic mass is 16.4. The monoisotopic (exact) mass is 230 g/mol. The van der Waals surface area contributed by atoms with E-state index in [0.717, 1.165) is 6.54 Å². The van der Waals surface area contributed by atoms with Crippen LogP contribution in [0.25, 0.3) is 0 Å². The predicted molar refractivity (Wildman–Crippen MR) is 63.3 cm³/mol. The van der Waals surface area contributed by atoms with Gasteiger partial charge in [0, 0.05) is 12.6 Å². The fraction of sp³-hybridized carbons (Fsp3) is 0.800. The number of nitrogens with one attached hydrogen (secondary N) is 1. The largest absolute Gasteiger partial charge is 0.409 e. The molecule has 0 aromatic heterocycles. The standard InChI is InChI=1S/C10H22N4O2/c1-7(2)8(6-14(3)4)12-10(15)5-9(11)13-16/h7-8,16H,5-6H2,1-4H3,(H2,11,13)(H,12,15). The molecule has 0 saturated carbocycles. The normalized spacial score (nSPS) is 14.2. The third kappa shape index (κ3) is 6.23. The lowest BCUT2D eigenvalue weighted by Gasteiger charge is -2.25.